The molecule has 0 aromatic heterocycles. The fourth-order valence-corrected chi connectivity index (χ4v) is 4.15. The number of rotatable bonds is 11. The number of anilines is 1. The van der Waals surface area contributed by atoms with Gasteiger partial charge in [-0.15, -0.1) is 0 Å². The summed E-state index contributed by atoms with van der Waals surface area (Å²) in [7, 11) is 0. The molecule has 2 rings (SSSR count). The summed E-state index contributed by atoms with van der Waals surface area (Å²) in [6, 6.07) is 6.68. The van der Waals surface area contributed by atoms with E-state index < -0.39 is 0 Å². The summed E-state index contributed by atoms with van der Waals surface area (Å²) in [6.07, 6.45) is 10.4. The molecule has 0 unspecified atom stereocenters. The lowest BCUT2D eigenvalue weighted by Gasteiger charge is -2.34. The number of unbranched alkanes of at least 4 members (excludes halogenated alkanes) is 3. The van der Waals surface area contributed by atoms with E-state index in [1.54, 1.807) is 24.3 Å². The summed E-state index contributed by atoms with van der Waals surface area (Å²) >= 11 is 0. The van der Waals surface area contributed by atoms with E-state index in [1.165, 1.54) is 24.0 Å². The molecule has 170 valence electrons. The zero-order chi connectivity index (χ0) is 22.7. The monoisotopic (exact) mass is 427 g/mol. The first-order valence-electron chi connectivity index (χ1n) is 11.4. The van der Waals surface area contributed by atoms with Crippen LogP contribution in [0.2, 0.25) is 0 Å². The highest BCUT2D eigenvalue weighted by molar-refractivity contribution is 5.92. The van der Waals surface area contributed by atoms with Crippen molar-refractivity contribution in [1.82, 2.24) is 5.43 Å². The third-order valence-corrected chi connectivity index (χ3v) is 6.00. The number of hydrogen-bond acceptors (Lipinski definition) is 4. The average Bonchev–Trinajstić information content (AvgIpc) is 2.71. The van der Waals surface area contributed by atoms with Crippen LogP contribution in [-0.4, -0.2) is 23.1 Å². The topological polar surface area (TPSA) is 90.8 Å². The molecule has 0 atom stereocenters. The van der Waals surface area contributed by atoms with Crippen LogP contribution in [0.5, 0.6) is 5.75 Å². The number of aromatic hydroxyl groups is 1. The Morgan fingerprint density at radius 3 is 2.45 bits per heavy atom. The smallest absolute Gasteiger partial charge is 0.240 e. The maximum Gasteiger partial charge on any atom is 0.240 e. The molecular weight excluding hydrogens is 390 g/mol. The van der Waals surface area contributed by atoms with Crippen LogP contribution >= 0.6 is 0 Å². The third-order valence-electron chi connectivity index (χ3n) is 6.00. The van der Waals surface area contributed by atoms with Gasteiger partial charge in [0.2, 0.25) is 11.8 Å². The zero-order valence-electron chi connectivity index (χ0n) is 19.2. The van der Waals surface area contributed by atoms with Crippen molar-refractivity contribution in [2.75, 3.05) is 5.32 Å². The second kappa shape index (κ2) is 12.3. The average molecular weight is 428 g/mol. The van der Waals surface area contributed by atoms with Crippen molar-refractivity contribution < 1.29 is 14.7 Å². The number of hydrogen-bond donors (Lipinski definition) is 3. The number of amides is 2. The molecule has 3 N–H and O–H groups in total. The molecule has 1 aromatic carbocycles. The van der Waals surface area contributed by atoms with E-state index in [0.717, 1.165) is 38.5 Å². The summed E-state index contributed by atoms with van der Waals surface area (Å²) in [5.74, 6) is -0.110. The molecule has 6 heteroatoms. The van der Waals surface area contributed by atoms with Crippen LogP contribution in [0.4, 0.5) is 5.69 Å². The molecule has 2 amide bonds. The van der Waals surface area contributed by atoms with Crippen LogP contribution in [0.15, 0.2) is 40.5 Å². The molecular formula is C25H37N3O3. The quantitative estimate of drug-likeness (QED) is 0.139. The van der Waals surface area contributed by atoms with E-state index in [-0.39, 0.29) is 23.0 Å². The van der Waals surface area contributed by atoms with E-state index >= 15 is 0 Å². The van der Waals surface area contributed by atoms with Crippen molar-refractivity contribution in [2.45, 2.75) is 85.0 Å². The number of para-hydroxylation sites is 2. The molecule has 0 heterocycles. The lowest BCUT2D eigenvalue weighted by atomic mass is 9.72. The maximum absolute atomic E-state index is 11.9. The summed E-state index contributed by atoms with van der Waals surface area (Å²) in [5, 5.41) is 16.5. The second-order valence-electron chi connectivity index (χ2n) is 9.03. The molecule has 0 fully saturated rings. The van der Waals surface area contributed by atoms with Gasteiger partial charge < -0.3 is 10.4 Å². The Morgan fingerprint density at radius 1 is 1.10 bits per heavy atom. The maximum atomic E-state index is 11.9. The lowest BCUT2D eigenvalue weighted by Crippen LogP contribution is -2.21. The van der Waals surface area contributed by atoms with E-state index in [1.807, 2.05) is 6.21 Å². The van der Waals surface area contributed by atoms with Gasteiger partial charge in [0, 0.05) is 25.5 Å². The number of hydrazone groups is 1. The highest BCUT2D eigenvalue weighted by atomic mass is 16.3. The van der Waals surface area contributed by atoms with Gasteiger partial charge in [0.25, 0.3) is 0 Å². The first-order chi connectivity index (χ1) is 14.8. The van der Waals surface area contributed by atoms with Crippen LogP contribution < -0.4 is 10.7 Å². The minimum absolute atomic E-state index is 0.0675. The number of phenols is 1. The fourth-order valence-electron chi connectivity index (χ4n) is 4.15. The van der Waals surface area contributed by atoms with Gasteiger partial charge in [-0.3, -0.25) is 9.59 Å². The molecule has 0 saturated carbocycles. The van der Waals surface area contributed by atoms with Gasteiger partial charge in [-0.1, -0.05) is 50.0 Å². The molecule has 0 bridgehead atoms. The zero-order valence-corrected chi connectivity index (χ0v) is 19.2. The van der Waals surface area contributed by atoms with Crippen molar-refractivity contribution in [3.63, 3.8) is 0 Å². The Morgan fingerprint density at radius 2 is 1.77 bits per heavy atom. The summed E-state index contributed by atoms with van der Waals surface area (Å²) in [4.78, 5) is 23.9. The van der Waals surface area contributed by atoms with Crippen LogP contribution in [0.3, 0.4) is 0 Å². The van der Waals surface area contributed by atoms with Crippen molar-refractivity contribution in [3.8, 4) is 5.75 Å². The summed E-state index contributed by atoms with van der Waals surface area (Å²) < 4.78 is 0. The Labute approximate surface area is 186 Å². The van der Waals surface area contributed by atoms with Crippen LogP contribution in [0.1, 0.15) is 85.0 Å². The number of nitrogens with zero attached hydrogens (tertiary/aromatic N) is 1. The van der Waals surface area contributed by atoms with Gasteiger partial charge in [0.15, 0.2) is 0 Å². The SMILES string of the molecule is CC1=C(C/C=N/NC(=O)CCCCCCC(=O)Nc2ccccc2O)C(C)(C)CCC1. The normalized spacial score (nSPS) is 15.8. The first kappa shape index (κ1) is 24.6. The van der Waals surface area contributed by atoms with Gasteiger partial charge in [0.05, 0.1) is 5.69 Å². The molecule has 1 aliphatic rings. The van der Waals surface area contributed by atoms with Gasteiger partial charge in [-0.2, -0.15) is 5.10 Å². The third kappa shape index (κ3) is 8.56. The molecule has 0 aliphatic heterocycles. The number of allylic oxidation sites excluding steroid dienone is 2. The van der Waals surface area contributed by atoms with Crippen molar-refractivity contribution in [2.24, 2.45) is 10.5 Å². The second-order valence-corrected chi connectivity index (χ2v) is 9.03. The van der Waals surface area contributed by atoms with Gasteiger partial charge >= 0.3 is 0 Å². The molecule has 1 aromatic rings. The summed E-state index contributed by atoms with van der Waals surface area (Å²) in [5.41, 5.74) is 6.19. The van der Waals surface area contributed by atoms with Crippen LogP contribution in [0.25, 0.3) is 0 Å². The Bertz CT molecular complexity index is 812. The fraction of sp³-hybridized carbons (Fsp3) is 0.560. The number of phenolic OH excluding ortho intramolecular Hbond substituents is 1. The van der Waals surface area contributed by atoms with E-state index in [2.05, 4.69) is 36.6 Å². The number of nitrogens with one attached hydrogen (secondary N) is 2. The van der Waals surface area contributed by atoms with Crippen molar-refractivity contribution in [1.29, 1.82) is 0 Å². The predicted octanol–water partition coefficient (Wildman–Crippen LogP) is 5.69. The van der Waals surface area contributed by atoms with Gasteiger partial charge in [0.1, 0.15) is 5.75 Å². The highest BCUT2D eigenvalue weighted by Gasteiger charge is 2.27. The standard InChI is InChI=1S/C25H37N3O3/c1-19-11-10-17-25(2,3)20(19)16-18-26-28-24(31)15-7-5-4-6-14-23(30)27-21-12-8-9-13-22(21)29/h8-9,12-13,18,29H,4-7,10-11,14-17H2,1-3H3,(H,27,30)(H,28,31)/b26-18+. The van der Waals surface area contributed by atoms with Crippen LogP contribution in [-0.2, 0) is 9.59 Å². The van der Waals surface area contributed by atoms with Crippen molar-refractivity contribution in [3.05, 3.63) is 35.4 Å². The minimum atomic E-state index is -0.111. The van der Waals surface area contributed by atoms with E-state index in [9.17, 15) is 14.7 Å². The van der Waals surface area contributed by atoms with Crippen molar-refractivity contribution >= 4 is 23.7 Å². The molecule has 0 spiro atoms. The molecule has 0 saturated heterocycles. The summed E-state index contributed by atoms with van der Waals surface area (Å²) in [6.45, 7) is 6.77. The highest BCUT2D eigenvalue weighted by Crippen LogP contribution is 2.41. The molecule has 1 aliphatic carbocycles. The number of carbonyl (C=O) groups is 2. The minimum Gasteiger partial charge on any atom is -0.506 e. The largest absolute Gasteiger partial charge is 0.506 e. The van der Waals surface area contributed by atoms with Gasteiger partial charge in [-0.25, -0.2) is 5.43 Å². The molecule has 31 heavy (non-hydrogen) atoms. The number of benzene rings is 1. The number of carbonyl (C=O) groups excluding carboxylic acids is 2. The Kier molecular flexibility index (Phi) is 9.76. The predicted molar refractivity (Wildman–Crippen MR) is 126 cm³/mol. The Balaban J connectivity index is 1.55. The van der Waals surface area contributed by atoms with Gasteiger partial charge in [-0.05, 0) is 56.6 Å². The van der Waals surface area contributed by atoms with E-state index in [0.29, 0.717) is 18.5 Å². The van der Waals surface area contributed by atoms with E-state index in [4.69, 9.17) is 0 Å². The Hall–Kier alpha value is -2.63. The molecule has 0 radical (unpaired) electrons. The van der Waals surface area contributed by atoms with Crippen LogP contribution in [0, 0.1) is 5.41 Å². The molecule has 6 nitrogen and oxygen atoms in total. The lowest BCUT2D eigenvalue weighted by molar-refractivity contribution is -0.121. The first-order valence-corrected chi connectivity index (χ1v) is 11.4.